The van der Waals surface area contributed by atoms with Gasteiger partial charge in [0.2, 0.25) is 12.0 Å². The SMILES string of the molecule is COC1(F)C(F)=C(F)C(c2ccccc2C)=C(F)C1F. The van der Waals surface area contributed by atoms with Crippen LogP contribution in [0.25, 0.3) is 5.57 Å². The Morgan fingerprint density at radius 3 is 2.30 bits per heavy atom. The molecule has 1 nitrogen and oxygen atoms in total. The van der Waals surface area contributed by atoms with Crippen LogP contribution < -0.4 is 0 Å². The third-order valence-electron chi connectivity index (χ3n) is 3.21. The minimum Gasteiger partial charge on any atom is -0.341 e. The molecule has 108 valence electrons. The minimum atomic E-state index is -3.78. The molecule has 2 rings (SSSR count). The van der Waals surface area contributed by atoms with E-state index < -0.39 is 35.1 Å². The van der Waals surface area contributed by atoms with Crippen LogP contribution in [0.5, 0.6) is 0 Å². The molecule has 2 unspecified atom stereocenters. The van der Waals surface area contributed by atoms with Gasteiger partial charge in [0.05, 0.1) is 5.57 Å². The van der Waals surface area contributed by atoms with Crippen molar-refractivity contribution in [2.24, 2.45) is 0 Å². The van der Waals surface area contributed by atoms with Crippen molar-refractivity contribution in [2.45, 2.75) is 19.0 Å². The van der Waals surface area contributed by atoms with Crippen LogP contribution in [0.15, 0.2) is 41.7 Å². The maximum Gasteiger partial charge on any atom is 0.302 e. The van der Waals surface area contributed by atoms with E-state index in [1.807, 2.05) is 0 Å². The quantitative estimate of drug-likeness (QED) is 0.729. The van der Waals surface area contributed by atoms with Crippen LogP contribution in [-0.2, 0) is 4.74 Å². The van der Waals surface area contributed by atoms with Gasteiger partial charge >= 0.3 is 5.85 Å². The third-order valence-corrected chi connectivity index (χ3v) is 3.21. The van der Waals surface area contributed by atoms with Gasteiger partial charge in [0, 0.05) is 7.11 Å². The largest absolute Gasteiger partial charge is 0.341 e. The number of methoxy groups -OCH3 is 1. The van der Waals surface area contributed by atoms with Crippen molar-refractivity contribution in [1.82, 2.24) is 0 Å². The molecule has 0 amide bonds. The van der Waals surface area contributed by atoms with Crippen LogP contribution in [0.4, 0.5) is 22.0 Å². The van der Waals surface area contributed by atoms with Crippen LogP contribution in [0.2, 0.25) is 0 Å². The molecule has 0 bridgehead atoms. The summed E-state index contributed by atoms with van der Waals surface area (Å²) in [4.78, 5) is 0. The topological polar surface area (TPSA) is 9.23 Å². The lowest BCUT2D eigenvalue weighted by atomic mass is 9.90. The number of alkyl halides is 2. The summed E-state index contributed by atoms with van der Waals surface area (Å²) in [5.74, 6) is -9.41. The first-order valence-corrected chi connectivity index (χ1v) is 5.74. The van der Waals surface area contributed by atoms with Gasteiger partial charge in [-0.2, -0.15) is 0 Å². The number of allylic oxidation sites excluding steroid dienone is 2. The van der Waals surface area contributed by atoms with E-state index in [4.69, 9.17) is 0 Å². The van der Waals surface area contributed by atoms with E-state index >= 15 is 0 Å². The molecule has 0 aliphatic heterocycles. The molecular weight excluding hydrogens is 279 g/mol. The Hall–Kier alpha value is -1.69. The summed E-state index contributed by atoms with van der Waals surface area (Å²) >= 11 is 0. The molecule has 1 aromatic carbocycles. The predicted octanol–water partition coefficient (Wildman–Crippen LogP) is 4.49. The molecule has 0 spiro atoms. The molecule has 1 aromatic rings. The average molecular weight is 290 g/mol. The Balaban J connectivity index is 2.69. The smallest absolute Gasteiger partial charge is 0.302 e. The zero-order valence-electron chi connectivity index (χ0n) is 10.7. The molecule has 0 aromatic heterocycles. The van der Waals surface area contributed by atoms with E-state index in [0.29, 0.717) is 12.7 Å². The van der Waals surface area contributed by atoms with E-state index in [0.717, 1.165) is 0 Å². The van der Waals surface area contributed by atoms with E-state index in [2.05, 4.69) is 4.74 Å². The Morgan fingerprint density at radius 2 is 1.75 bits per heavy atom. The summed E-state index contributed by atoms with van der Waals surface area (Å²) in [6, 6.07) is 5.86. The lowest BCUT2D eigenvalue weighted by Gasteiger charge is -2.30. The fraction of sp³-hybridized carbons (Fsp3) is 0.286. The molecule has 2 atom stereocenters. The van der Waals surface area contributed by atoms with Crippen molar-refractivity contribution >= 4 is 5.57 Å². The first-order valence-electron chi connectivity index (χ1n) is 5.74. The highest BCUT2D eigenvalue weighted by atomic mass is 19.2. The standard InChI is InChI=1S/C14H11F5O/c1-7-5-3-4-6-8(7)9-10(15)12(17)14(19,20-2)13(18)11(9)16/h3-6,12H,1-2H3. The second-order valence-corrected chi connectivity index (χ2v) is 4.38. The molecule has 0 saturated carbocycles. The number of ether oxygens (including phenoxy) is 1. The van der Waals surface area contributed by atoms with Gasteiger partial charge in [-0.3, -0.25) is 0 Å². The molecule has 6 heteroatoms. The predicted molar refractivity (Wildman–Crippen MR) is 64.2 cm³/mol. The average Bonchev–Trinajstić information content (AvgIpc) is 2.45. The molecule has 0 fully saturated rings. The molecule has 0 saturated heterocycles. The zero-order valence-corrected chi connectivity index (χ0v) is 10.7. The summed E-state index contributed by atoms with van der Waals surface area (Å²) in [7, 11) is 0.630. The van der Waals surface area contributed by atoms with Crippen molar-refractivity contribution < 1.29 is 26.7 Å². The van der Waals surface area contributed by atoms with E-state index in [1.54, 1.807) is 6.07 Å². The normalized spacial score (nSPS) is 27.2. The number of rotatable bonds is 2. The zero-order chi connectivity index (χ0) is 15.1. The number of benzene rings is 1. The number of hydrogen-bond donors (Lipinski definition) is 0. The number of aryl methyl sites for hydroxylation is 1. The Bertz CT molecular complexity index is 607. The van der Waals surface area contributed by atoms with Gasteiger partial charge in [0.15, 0.2) is 11.7 Å². The molecule has 1 aliphatic rings. The van der Waals surface area contributed by atoms with Gasteiger partial charge in [-0.1, -0.05) is 24.3 Å². The summed E-state index contributed by atoms with van der Waals surface area (Å²) in [5, 5.41) is 0. The highest BCUT2D eigenvalue weighted by Crippen LogP contribution is 2.47. The van der Waals surface area contributed by atoms with E-state index in [9.17, 15) is 22.0 Å². The van der Waals surface area contributed by atoms with Gasteiger partial charge in [-0.15, -0.1) is 0 Å². The van der Waals surface area contributed by atoms with Crippen molar-refractivity contribution in [3.05, 3.63) is 52.9 Å². The molecule has 0 radical (unpaired) electrons. The summed E-state index contributed by atoms with van der Waals surface area (Å²) in [6.45, 7) is 1.52. The minimum absolute atomic E-state index is 0.0431. The van der Waals surface area contributed by atoms with Gasteiger partial charge in [-0.05, 0) is 18.1 Å². The lowest BCUT2D eigenvalue weighted by Crippen LogP contribution is -2.41. The first-order chi connectivity index (χ1) is 9.34. The van der Waals surface area contributed by atoms with Gasteiger partial charge in [-0.25, -0.2) is 22.0 Å². The van der Waals surface area contributed by atoms with Crippen molar-refractivity contribution in [2.75, 3.05) is 7.11 Å². The first kappa shape index (κ1) is 14.7. The summed E-state index contributed by atoms with van der Waals surface area (Å²) in [5.41, 5.74) is -0.562. The van der Waals surface area contributed by atoms with Gasteiger partial charge < -0.3 is 4.74 Å². The second-order valence-electron chi connectivity index (χ2n) is 4.38. The van der Waals surface area contributed by atoms with Crippen molar-refractivity contribution in [3.63, 3.8) is 0 Å². The van der Waals surface area contributed by atoms with Crippen LogP contribution in [0, 0.1) is 6.92 Å². The highest BCUT2D eigenvalue weighted by Gasteiger charge is 2.54. The summed E-state index contributed by atoms with van der Waals surface area (Å²) in [6.07, 6.45) is -3.07. The van der Waals surface area contributed by atoms with Gasteiger partial charge in [0.1, 0.15) is 0 Å². The number of hydrogen-bond acceptors (Lipinski definition) is 1. The third kappa shape index (κ3) is 1.95. The fourth-order valence-corrected chi connectivity index (χ4v) is 2.06. The van der Waals surface area contributed by atoms with Gasteiger partial charge in [0.25, 0.3) is 0 Å². The molecular formula is C14H11F5O. The fourth-order valence-electron chi connectivity index (χ4n) is 2.06. The maximum atomic E-state index is 14.0. The molecule has 0 heterocycles. The molecule has 0 N–H and O–H groups in total. The number of halogens is 5. The molecule has 20 heavy (non-hydrogen) atoms. The monoisotopic (exact) mass is 290 g/mol. The lowest BCUT2D eigenvalue weighted by molar-refractivity contribution is -0.149. The summed E-state index contributed by atoms with van der Waals surface area (Å²) < 4.78 is 73.1. The van der Waals surface area contributed by atoms with Crippen LogP contribution >= 0.6 is 0 Å². The Kier molecular flexibility index (Phi) is 3.69. The maximum absolute atomic E-state index is 14.0. The van der Waals surface area contributed by atoms with Crippen LogP contribution in [0.3, 0.4) is 0 Å². The molecule has 1 aliphatic carbocycles. The van der Waals surface area contributed by atoms with Crippen molar-refractivity contribution in [3.8, 4) is 0 Å². The van der Waals surface area contributed by atoms with E-state index in [-0.39, 0.29) is 5.56 Å². The highest BCUT2D eigenvalue weighted by molar-refractivity contribution is 5.83. The Morgan fingerprint density at radius 1 is 1.15 bits per heavy atom. The van der Waals surface area contributed by atoms with Crippen molar-refractivity contribution in [1.29, 1.82) is 0 Å². The van der Waals surface area contributed by atoms with Crippen LogP contribution in [0.1, 0.15) is 11.1 Å². The Labute approximate surface area is 112 Å². The van der Waals surface area contributed by atoms with E-state index in [1.165, 1.54) is 25.1 Å². The van der Waals surface area contributed by atoms with Crippen LogP contribution in [-0.4, -0.2) is 19.1 Å². The second kappa shape index (κ2) is 5.01.